The normalized spacial score (nSPS) is 36.1. The molecule has 1 aromatic rings. The standard InChI is InChI=1S/C21H22N2O3/c1-11-2-4-12(5-3-11)22-17(24)8-9-23-20(25)18-13-6-7-14(16-10-15(13)16)19(18)21(23)26/h2-7,13-16,18-19H,8-10H2,1H3,(H,22,24). The Morgan fingerprint density at radius 1 is 1.04 bits per heavy atom. The largest absolute Gasteiger partial charge is 0.326 e. The Kier molecular flexibility index (Phi) is 3.36. The van der Waals surface area contributed by atoms with Gasteiger partial charge in [0.1, 0.15) is 0 Å². The first kappa shape index (κ1) is 15.8. The van der Waals surface area contributed by atoms with Crippen LogP contribution in [0.25, 0.3) is 0 Å². The number of imide groups is 1. The molecule has 1 heterocycles. The number of hydrogen-bond acceptors (Lipinski definition) is 3. The lowest BCUT2D eigenvalue weighted by Gasteiger charge is -2.37. The van der Waals surface area contributed by atoms with Crippen molar-refractivity contribution in [2.24, 2.45) is 35.5 Å². The van der Waals surface area contributed by atoms with Gasteiger partial charge in [0, 0.05) is 18.7 Å². The number of hydrogen-bond donors (Lipinski definition) is 1. The molecule has 134 valence electrons. The van der Waals surface area contributed by atoms with E-state index in [2.05, 4.69) is 17.5 Å². The molecule has 3 amide bonds. The third-order valence-corrected chi connectivity index (χ3v) is 6.65. The Morgan fingerprint density at radius 3 is 2.19 bits per heavy atom. The van der Waals surface area contributed by atoms with Crippen LogP contribution in [0.1, 0.15) is 18.4 Å². The van der Waals surface area contributed by atoms with Crippen molar-refractivity contribution < 1.29 is 14.4 Å². The molecule has 5 nitrogen and oxygen atoms in total. The van der Waals surface area contributed by atoms with E-state index < -0.39 is 0 Å². The second-order valence-corrected chi connectivity index (χ2v) is 8.15. The quantitative estimate of drug-likeness (QED) is 0.670. The second-order valence-electron chi connectivity index (χ2n) is 8.15. The highest BCUT2D eigenvalue weighted by atomic mass is 16.2. The zero-order valence-corrected chi connectivity index (χ0v) is 14.7. The molecule has 6 unspecified atom stereocenters. The van der Waals surface area contributed by atoms with Crippen molar-refractivity contribution >= 4 is 23.4 Å². The minimum Gasteiger partial charge on any atom is -0.326 e. The molecule has 1 aliphatic heterocycles. The Morgan fingerprint density at radius 2 is 1.62 bits per heavy atom. The molecule has 3 fully saturated rings. The summed E-state index contributed by atoms with van der Waals surface area (Å²) in [5.41, 5.74) is 1.86. The molecule has 0 radical (unpaired) electrons. The topological polar surface area (TPSA) is 66.5 Å². The Bertz CT molecular complexity index is 792. The number of anilines is 1. The van der Waals surface area contributed by atoms with Crippen molar-refractivity contribution in [3.8, 4) is 0 Å². The third kappa shape index (κ3) is 2.26. The summed E-state index contributed by atoms with van der Waals surface area (Å²) >= 11 is 0. The third-order valence-electron chi connectivity index (χ3n) is 6.65. The molecule has 1 aromatic carbocycles. The molecule has 26 heavy (non-hydrogen) atoms. The van der Waals surface area contributed by atoms with Crippen LogP contribution in [-0.2, 0) is 14.4 Å². The second kappa shape index (κ2) is 5.53. The first-order chi connectivity index (χ1) is 12.5. The van der Waals surface area contributed by atoms with Crippen LogP contribution < -0.4 is 5.32 Å². The SMILES string of the molecule is Cc1ccc(NC(=O)CCN2C(=O)C3C4C=CC(C5CC45)C3C2=O)cc1. The molecule has 5 heteroatoms. The van der Waals surface area contributed by atoms with E-state index in [-0.39, 0.29) is 54.4 Å². The van der Waals surface area contributed by atoms with Gasteiger partial charge in [0.05, 0.1) is 11.8 Å². The molecule has 1 N–H and O–H groups in total. The van der Waals surface area contributed by atoms with Crippen LogP contribution in [0.15, 0.2) is 36.4 Å². The molecule has 6 rings (SSSR count). The van der Waals surface area contributed by atoms with E-state index >= 15 is 0 Å². The number of likely N-dealkylation sites (tertiary alicyclic amines) is 1. The zero-order valence-electron chi connectivity index (χ0n) is 14.7. The Hall–Kier alpha value is -2.43. The highest BCUT2D eigenvalue weighted by Gasteiger charge is 2.66. The van der Waals surface area contributed by atoms with Crippen molar-refractivity contribution in [1.82, 2.24) is 4.90 Å². The van der Waals surface area contributed by atoms with E-state index in [9.17, 15) is 14.4 Å². The maximum absolute atomic E-state index is 12.9. The van der Waals surface area contributed by atoms with Gasteiger partial charge in [-0.05, 0) is 49.1 Å². The van der Waals surface area contributed by atoms with E-state index in [1.807, 2.05) is 31.2 Å². The van der Waals surface area contributed by atoms with Crippen LogP contribution in [0.3, 0.4) is 0 Å². The average Bonchev–Trinajstić information content (AvgIpc) is 3.41. The minimum absolute atomic E-state index is 0.0622. The summed E-state index contributed by atoms with van der Waals surface area (Å²) in [6.07, 6.45) is 5.63. The molecule has 6 atom stereocenters. The molecule has 2 bridgehead atoms. The van der Waals surface area contributed by atoms with E-state index in [0.29, 0.717) is 11.8 Å². The fourth-order valence-electron chi connectivity index (χ4n) is 5.31. The van der Waals surface area contributed by atoms with Crippen LogP contribution in [0.4, 0.5) is 5.69 Å². The molecule has 0 spiro atoms. The fourth-order valence-corrected chi connectivity index (χ4v) is 5.31. The van der Waals surface area contributed by atoms with Crippen molar-refractivity contribution in [2.75, 3.05) is 11.9 Å². The van der Waals surface area contributed by atoms with E-state index in [1.54, 1.807) is 0 Å². The first-order valence-electron chi connectivity index (χ1n) is 9.44. The number of carbonyl (C=O) groups is 3. The number of nitrogens with zero attached hydrogens (tertiary/aromatic N) is 1. The van der Waals surface area contributed by atoms with E-state index in [1.165, 1.54) is 4.90 Å². The molecular formula is C21H22N2O3. The van der Waals surface area contributed by atoms with Crippen LogP contribution in [0, 0.1) is 42.4 Å². The molecule has 4 aliphatic carbocycles. The summed E-state index contributed by atoms with van der Waals surface area (Å²) in [6.45, 7) is 2.17. The predicted octanol–water partition coefficient (Wildman–Crippen LogP) is 2.38. The van der Waals surface area contributed by atoms with Crippen molar-refractivity contribution in [3.05, 3.63) is 42.0 Å². The predicted molar refractivity (Wildman–Crippen MR) is 95.8 cm³/mol. The number of rotatable bonds is 4. The van der Waals surface area contributed by atoms with Gasteiger partial charge in [-0.2, -0.15) is 0 Å². The van der Waals surface area contributed by atoms with Gasteiger partial charge < -0.3 is 5.32 Å². The van der Waals surface area contributed by atoms with Gasteiger partial charge in [0.25, 0.3) is 0 Å². The van der Waals surface area contributed by atoms with Crippen LogP contribution in [0.5, 0.6) is 0 Å². The van der Waals surface area contributed by atoms with Crippen molar-refractivity contribution in [3.63, 3.8) is 0 Å². The summed E-state index contributed by atoms with van der Waals surface area (Å²) in [6, 6.07) is 7.57. The van der Waals surface area contributed by atoms with Gasteiger partial charge in [-0.3, -0.25) is 19.3 Å². The highest BCUT2D eigenvalue weighted by molar-refractivity contribution is 6.06. The maximum Gasteiger partial charge on any atom is 0.233 e. The number of carbonyl (C=O) groups excluding carboxylic acids is 3. The van der Waals surface area contributed by atoms with Crippen molar-refractivity contribution in [2.45, 2.75) is 19.8 Å². The summed E-state index contributed by atoms with van der Waals surface area (Å²) < 4.78 is 0. The zero-order chi connectivity index (χ0) is 18.0. The number of benzene rings is 1. The number of amides is 3. The van der Waals surface area contributed by atoms with Gasteiger partial charge >= 0.3 is 0 Å². The van der Waals surface area contributed by atoms with Crippen molar-refractivity contribution in [1.29, 1.82) is 0 Å². The number of allylic oxidation sites excluding steroid dienone is 2. The number of aryl methyl sites for hydroxylation is 1. The molecule has 5 aliphatic rings. The van der Waals surface area contributed by atoms with Crippen LogP contribution in [-0.4, -0.2) is 29.2 Å². The first-order valence-corrected chi connectivity index (χ1v) is 9.44. The van der Waals surface area contributed by atoms with Gasteiger partial charge in [-0.25, -0.2) is 0 Å². The summed E-state index contributed by atoms with van der Waals surface area (Å²) in [4.78, 5) is 39.3. The summed E-state index contributed by atoms with van der Waals surface area (Å²) in [5.74, 6) is 1.02. The van der Waals surface area contributed by atoms with Gasteiger partial charge in [0.2, 0.25) is 17.7 Å². The van der Waals surface area contributed by atoms with Gasteiger partial charge in [0.15, 0.2) is 0 Å². The summed E-state index contributed by atoms with van der Waals surface area (Å²) in [5, 5.41) is 2.83. The molecular weight excluding hydrogens is 328 g/mol. The lowest BCUT2D eigenvalue weighted by atomic mass is 9.63. The monoisotopic (exact) mass is 350 g/mol. The minimum atomic E-state index is -0.179. The number of nitrogens with one attached hydrogen (secondary N) is 1. The van der Waals surface area contributed by atoms with E-state index in [0.717, 1.165) is 17.7 Å². The summed E-state index contributed by atoms with van der Waals surface area (Å²) in [7, 11) is 0. The fraction of sp³-hybridized carbons (Fsp3) is 0.476. The lowest BCUT2D eigenvalue weighted by molar-refractivity contribution is -0.140. The smallest absolute Gasteiger partial charge is 0.233 e. The van der Waals surface area contributed by atoms with Crippen LogP contribution in [0.2, 0.25) is 0 Å². The van der Waals surface area contributed by atoms with Crippen LogP contribution >= 0.6 is 0 Å². The van der Waals surface area contributed by atoms with Gasteiger partial charge in [-0.15, -0.1) is 0 Å². The molecule has 0 aromatic heterocycles. The maximum atomic E-state index is 12.9. The Balaban J connectivity index is 1.24. The molecule has 2 saturated carbocycles. The van der Waals surface area contributed by atoms with E-state index in [4.69, 9.17) is 0 Å². The molecule has 1 saturated heterocycles. The lowest BCUT2D eigenvalue weighted by Crippen LogP contribution is -2.40. The average molecular weight is 350 g/mol. The van der Waals surface area contributed by atoms with Gasteiger partial charge in [-0.1, -0.05) is 29.8 Å². The highest BCUT2D eigenvalue weighted by Crippen LogP contribution is 2.65. The Labute approximate surface area is 152 Å².